The summed E-state index contributed by atoms with van der Waals surface area (Å²) < 4.78 is 0. The van der Waals surface area contributed by atoms with E-state index in [-0.39, 0.29) is 0 Å². The van der Waals surface area contributed by atoms with Gasteiger partial charge in [-0.15, -0.1) is 0 Å². The third-order valence-electron chi connectivity index (χ3n) is 1.62. The van der Waals surface area contributed by atoms with Crippen LogP contribution in [-0.4, -0.2) is 31.9 Å². The summed E-state index contributed by atoms with van der Waals surface area (Å²) in [5, 5.41) is 6.64. The van der Waals surface area contributed by atoms with Gasteiger partial charge in [-0.05, 0) is 37.8 Å². The number of nitrogens with one attached hydrogen (secondary N) is 2. The third kappa shape index (κ3) is 6.66. The predicted octanol–water partition coefficient (Wildman–Crippen LogP) is 0.751. The first-order valence-electron chi connectivity index (χ1n) is 4.37. The molecule has 0 fully saturated rings. The molecule has 0 radical (unpaired) electrons. The zero-order valence-electron chi connectivity index (χ0n) is 7.56. The Balaban J connectivity index is 3.25. The second-order valence-corrected chi connectivity index (χ2v) is 3.03. The summed E-state index contributed by atoms with van der Waals surface area (Å²) in [4.78, 5) is 0. The minimum absolute atomic E-state index is 0.665. The van der Waals surface area contributed by atoms with Crippen molar-refractivity contribution in [2.45, 2.75) is 13.8 Å². The van der Waals surface area contributed by atoms with Gasteiger partial charge in [0.25, 0.3) is 0 Å². The highest BCUT2D eigenvalue weighted by molar-refractivity contribution is 7.80. The molecular formula is C8H20N2S. The zero-order valence-corrected chi connectivity index (χ0v) is 8.45. The second kappa shape index (κ2) is 8.37. The Kier molecular flexibility index (Phi) is 8.57. The molecule has 3 heteroatoms. The predicted molar refractivity (Wildman–Crippen MR) is 54.4 cm³/mol. The molecule has 0 spiro atoms. The molecule has 0 aliphatic heterocycles. The molecule has 0 saturated carbocycles. The smallest absolute Gasteiger partial charge is 0.0000665 e. The second-order valence-electron chi connectivity index (χ2n) is 2.66. The molecular weight excluding hydrogens is 156 g/mol. The maximum Gasteiger partial charge on any atom is -0.0000665 e. The van der Waals surface area contributed by atoms with Gasteiger partial charge in [-0.1, -0.05) is 13.8 Å². The maximum atomic E-state index is 4.28. The molecule has 0 saturated heterocycles. The van der Waals surface area contributed by atoms with Crippen molar-refractivity contribution in [3.8, 4) is 0 Å². The summed E-state index contributed by atoms with van der Waals surface area (Å²) >= 11 is 4.28. The lowest BCUT2D eigenvalue weighted by Gasteiger charge is -2.14. The van der Waals surface area contributed by atoms with Crippen LogP contribution in [0.2, 0.25) is 0 Å². The first-order valence-corrected chi connectivity index (χ1v) is 5.00. The Bertz CT molecular complexity index is 70.5. The highest BCUT2D eigenvalue weighted by Gasteiger charge is 2.03. The van der Waals surface area contributed by atoms with Gasteiger partial charge in [0.05, 0.1) is 0 Å². The summed E-state index contributed by atoms with van der Waals surface area (Å²) in [5.41, 5.74) is 0. The van der Waals surface area contributed by atoms with Crippen molar-refractivity contribution in [1.82, 2.24) is 10.6 Å². The Hall–Kier alpha value is 0.270. The van der Waals surface area contributed by atoms with E-state index in [1.54, 1.807) is 0 Å². The number of rotatable bonds is 7. The first-order chi connectivity index (χ1) is 5.35. The molecule has 0 atom stereocenters. The minimum atomic E-state index is 0.665. The van der Waals surface area contributed by atoms with Gasteiger partial charge in [0.15, 0.2) is 0 Å². The van der Waals surface area contributed by atoms with Crippen LogP contribution in [0, 0.1) is 5.92 Å². The van der Waals surface area contributed by atoms with Crippen molar-refractivity contribution in [1.29, 1.82) is 0 Å². The number of hydrogen-bond acceptors (Lipinski definition) is 3. The molecule has 2 nitrogen and oxygen atoms in total. The minimum Gasteiger partial charge on any atom is -0.317 e. The molecule has 0 heterocycles. The van der Waals surface area contributed by atoms with E-state index in [1.807, 2.05) is 0 Å². The van der Waals surface area contributed by atoms with Crippen LogP contribution in [0.5, 0.6) is 0 Å². The summed E-state index contributed by atoms with van der Waals surface area (Å²) in [6.07, 6.45) is 0. The maximum absolute atomic E-state index is 4.28. The summed E-state index contributed by atoms with van der Waals surface area (Å²) in [7, 11) is 0. The molecule has 0 unspecified atom stereocenters. The Morgan fingerprint density at radius 2 is 1.55 bits per heavy atom. The fourth-order valence-electron chi connectivity index (χ4n) is 0.898. The largest absolute Gasteiger partial charge is 0.317 e. The van der Waals surface area contributed by atoms with E-state index in [4.69, 9.17) is 0 Å². The van der Waals surface area contributed by atoms with Gasteiger partial charge in [0.1, 0.15) is 0 Å². The van der Waals surface area contributed by atoms with Crippen LogP contribution in [0.4, 0.5) is 0 Å². The molecule has 0 rings (SSSR count). The van der Waals surface area contributed by atoms with Crippen molar-refractivity contribution in [2.75, 3.05) is 31.9 Å². The molecule has 11 heavy (non-hydrogen) atoms. The third-order valence-corrected chi connectivity index (χ3v) is 2.14. The van der Waals surface area contributed by atoms with Crippen molar-refractivity contribution >= 4 is 12.6 Å². The molecule has 0 aromatic rings. The van der Waals surface area contributed by atoms with Crippen LogP contribution in [0.15, 0.2) is 0 Å². The monoisotopic (exact) mass is 176 g/mol. The molecule has 0 aromatic carbocycles. The van der Waals surface area contributed by atoms with Gasteiger partial charge in [-0.2, -0.15) is 12.6 Å². The topological polar surface area (TPSA) is 24.1 Å². The average molecular weight is 176 g/mol. The van der Waals surface area contributed by atoms with E-state index in [9.17, 15) is 0 Å². The number of thiol groups is 1. The van der Waals surface area contributed by atoms with Crippen LogP contribution >= 0.6 is 12.6 Å². The molecule has 0 aromatic heterocycles. The van der Waals surface area contributed by atoms with Gasteiger partial charge in [0.2, 0.25) is 0 Å². The molecule has 0 aliphatic carbocycles. The molecule has 0 bridgehead atoms. The van der Waals surface area contributed by atoms with Crippen LogP contribution in [0.3, 0.4) is 0 Å². The molecule has 0 aliphatic rings. The van der Waals surface area contributed by atoms with Gasteiger partial charge in [0, 0.05) is 0 Å². The molecule has 68 valence electrons. The van der Waals surface area contributed by atoms with Crippen molar-refractivity contribution in [2.24, 2.45) is 5.92 Å². The summed E-state index contributed by atoms with van der Waals surface area (Å²) in [6.45, 7) is 8.51. The van der Waals surface area contributed by atoms with Gasteiger partial charge in [-0.3, -0.25) is 0 Å². The van der Waals surface area contributed by atoms with Crippen LogP contribution in [0.1, 0.15) is 13.8 Å². The fraction of sp³-hybridized carbons (Fsp3) is 1.00. The first kappa shape index (κ1) is 11.3. The highest BCUT2D eigenvalue weighted by atomic mass is 32.1. The van der Waals surface area contributed by atoms with E-state index in [2.05, 4.69) is 37.1 Å². The average Bonchev–Trinajstić information content (AvgIpc) is 2.05. The van der Waals surface area contributed by atoms with Gasteiger partial charge in [-0.25, -0.2) is 0 Å². The van der Waals surface area contributed by atoms with E-state index in [0.29, 0.717) is 5.92 Å². The number of hydrogen-bond donors (Lipinski definition) is 3. The van der Waals surface area contributed by atoms with Gasteiger partial charge < -0.3 is 10.6 Å². The normalized spacial score (nSPS) is 10.9. The standard InChI is InChI=1S/C8H20N2S/c1-3-9-5-8(7-11)6-10-4-2/h8-11H,3-7H2,1-2H3. The Morgan fingerprint density at radius 1 is 1.09 bits per heavy atom. The Labute approximate surface area is 75.5 Å². The zero-order chi connectivity index (χ0) is 8.53. The fourth-order valence-corrected chi connectivity index (χ4v) is 1.16. The summed E-state index contributed by atoms with van der Waals surface area (Å²) in [5.74, 6) is 1.62. The van der Waals surface area contributed by atoms with Gasteiger partial charge >= 0.3 is 0 Å². The Morgan fingerprint density at radius 3 is 1.82 bits per heavy atom. The van der Waals surface area contributed by atoms with E-state index in [1.165, 1.54) is 0 Å². The quantitative estimate of drug-likeness (QED) is 0.499. The molecule has 0 amide bonds. The summed E-state index contributed by atoms with van der Waals surface area (Å²) in [6, 6.07) is 0. The van der Waals surface area contributed by atoms with Crippen LogP contribution in [-0.2, 0) is 0 Å². The lowest BCUT2D eigenvalue weighted by molar-refractivity contribution is 0.494. The van der Waals surface area contributed by atoms with E-state index in [0.717, 1.165) is 31.9 Å². The van der Waals surface area contributed by atoms with Crippen molar-refractivity contribution in [3.63, 3.8) is 0 Å². The van der Waals surface area contributed by atoms with Crippen LogP contribution < -0.4 is 10.6 Å². The van der Waals surface area contributed by atoms with Crippen molar-refractivity contribution in [3.05, 3.63) is 0 Å². The lowest BCUT2D eigenvalue weighted by atomic mass is 10.2. The molecule has 2 N–H and O–H groups in total. The SMILES string of the molecule is CCNCC(CS)CNCC. The van der Waals surface area contributed by atoms with E-state index < -0.39 is 0 Å². The van der Waals surface area contributed by atoms with Crippen molar-refractivity contribution < 1.29 is 0 Å². The highest BCUT2D eigenvalue weighted by Crippen LogP contribution is 1.95. The van der Waals surface area contributed by atoms with E-state index >= 15 is 0 Å². The van der Waals surface area contributed by atoms with Crippen LogP contribution in [0.25, 0.3) is 0 Å². The lowest BCUT2D eigenvalue weighted by Crippen LogP contribution is -2.32.